The van der Waals surface area contributed by atoms with Crippen LogP contribution >= 0.6 is 0 Å². The molecule has 0 saturated heterocycles. The first-order chi connectivity index (χ1) is 49.3. The topological polar surface area (TPSA) is 0 Å². The van der Waals surface area contributed by atoms with E-state index >= 15 is 0 Å². The van der Waals surface area contributed by atoms with E-state index in [0.717, 1.165) is 49.4 Å². The van der Waals surface area contributed by atoms with Crippen LogP contribution in [0.1, 0.15) is 145 Å². The van der Waals surface area contributed by atoms with Crippen LogP contribution in [-0.2, 0) is 0 Å². The monoisotopic (exact) mass is 1310 g/mol. The molecule has 0 fully saturated rings. The van der Waals surface area contributed by atoms with Gasteiger partial charge in [-0.2, -0.15) is 49.3 Å². The maximum Gasteiger partial charge on any atom is 0.0871 e. The van der Waals surface area contributed by atoms with Gasteiger partial charge in [0.05, 0.1) is 56.7 Å². The summed E-state index contributed by atoms with van der Waals surface area (Å²) in [7, 11) is 0. The lowest BCUT2D eigenvalue weighted by molar-refractivity contribution is 1.12. The Bertz CT molecular complexity index is 5670. The minimum atomic E-state index is 1.12. The first-order valence-electron chi connectivity index (χ1n) is 36.1. The summed E-state index contributed by atoms with van der Waals surface area (Å²) < 4.78 is 0. The Labute approximate surface area is 604 Å². The first kappa shape index (κ1) is 65.1. The van der Waals surface area contributed by atoms with Crippen LogP contribution in [0.4, 0.5) is 0 Å². The van der Waals surface area contributed by atoms with E-state index < -0.39 is 0 Å². The van der Waals surface area contributed by atoms with Gasteiger partial charge in [0.1, 0.15) is 0 Å². The standard InChI is InChI=1S/C102H84/c1-58-40-67(10)97(68(11)41-58)100-85-34-22-16-28-79(85)94(80-29-17-23-35-86(80)100)55-91-61(4)46-73(47-62(91)5)76-52-77(74-48-63(6)92(64(7)49-74)56-95-81-30-18-24-36-87(81)101(88-37-25-19-31-82(88)95)98-69(12)42-59(2)43-70(98)13)54-78(53-76)75-50-65(8)93(66(9)51-75)57-96-83-32-20-26-38-89(83)102(90-39-27-21-33-84(90)96)99-71(14)44-60(3)45-72(99)15/h16-54H,1-15H3. The highest BCUT2D eigenvalue weighted by atomic mass is 14.4. The van der Waals surface area contributed by atoms with E-state index in [2.05, 4.69) is 359 Å². The van der Waals surface area contributed by atoms with Gasteiger partial charge in [-0.25, -0.2) is 0 Å². The van der Waals surface area contributed by atoms with Gasteiger partial charge in [-0.1, -0.05) is 140 Å². The third-order valence-corrected chi connectivity index (χ3v) is 21.9. The molecule has 0 spiro atoms. The van der Waals surface area contributed by atoms with Crippen molar-refractivity contribution in [2.75, 3.05) is 0 Å². The summed E-state index contributed by atoms with van der Waals surface area (Å²) in [4.78, 5) is 0. The maximum absolute atomic E-state index is 4.13. The van der Waals surface area contributed by atoms with Crippen molar-refractivity contribution in [3.05, 3.63) is 408 Å². The fourth-order valence-corrected chi connectivity index (χ4v) is 17.8. The molecule has 0 aliphatic heterocycles. The molecule has 11 aromatic rings. The summed E-state index contributed by atoms with van der Waals surface area (Å²) in [6.07, 6.45) is 31.6. The molecule has 5 aliphatic carbocycles. The van der Waals surface area contributed by atoms with Crippen LogP contribution in [0.25, 0.3) is 96.3 Å². The van der Waals surface area contributed by atoms with E-state index in [0.29, 0.717) is 0 Å². The van der Waals surface area contributed by atoms with Crippen molar-refractivity contribution in [3.8, 4) is 33.4 Å². The molecule has 0 aromatic heterocycles. The summed E-state index contributed by atoms with van der Waals surface area (Å²) in [5.74, 6) is 3.63. The van der Waals surface area contributed by atoms with Crippen molar-refractivity contribution in [2.45, 2.75) is 104 Å². The highest BCUT2D eigenvalue weighted by Crippen LogP contribution is 2.49. The van der Waals surface area contributed by atoms with Crippen LogP contribution < -0.4 is 20.9 Å². The van der Waals surface area contributed by atoms with Crippen molar-refractivity contribution in [3.63, 3.8) is 0 Å². The lowest BCUT2D eigenvalue weighted by atomic mass is 9.70. The van der Waals surface area contributed by atoms with Crippen molar-refractivity contribution >= 4 is 62.9 Å². The van der Waals surface area contributed by atoms with Crippen LogP contribution in [0.5, 0.6) is 0 Å². The van der Waals surface area contributed by atoms with Crippen molar-refractivity contribution in [1.82, 2.24) is 0 Å². The van der Waals surface area contributed by atoms with E-state index in [-0.39, 0.29) is 0 Å². The maximum atomic E-state index is 4.13. The number of fused-ring (bicyclic) bond motifs is 6. The molecule has 0 radical (unpaired) electrons. The molecule has 0 heteroatoms. The van der Waals surface area contributed by atoms with Gasteiger partial charge in [-0.05, 0) is 226 Å². The average Bonchev–Trinajstić information content (AvgIpc) is 0.743. The minimum absolute atomic E-state index is 1.12. The highest BCUT2D eigenvalue weighted by Gasteiger charge is 2.37. The Morgan fingerprint density at radius 1 is 0.353 bits per heavy atom. The Kier molecular flexibility index (Phi) is 16.3. The van der Waals surface area contributed by atoms with Gasteiger partial charge in [0, 0.05) is 98.2 Å². The van der Waals surface area contributed by atoms with E-state index in [9.17, 15) is 0 Å². The molecule has 5 aliphatic rings. The second-order valence-electron chi connectivity index (χ2n) is 29.5. The molecule has 0 bridgehead atoms. The van der Waals surface area contributed by atoms with Gasteiger partial charge in [0.25, 0.3) is 0 Å². The second-order valence-corrected chi connectivity index (χ2v) is 29.5. The quantitative estimate of drug-likeness (QED) is 0.140. The summed E-state index contributed by atoms with van der Waals surface area (Å²) in [5.41, 5.74) is 50.0. The lowest BCUT2D eigenvalue weighted by Gasteiger charge is -2.28. The summed E-state index contributed by atoms with van der Waals surface area (Å²) in [6.45, 7) is 33.8. The SMILES string of the molecule is CC1=C[C+](c2cc(-c3cc(C)c([C-]=C4c5ccccc5[C+](c5c(C)cc(C)cc5C)c5ccccc54)c(C)c3)cc([C+]3C=C(C)C(=C=c4c5c(c(-c6c(C)cc(C)cc6C)c6ccccc46)C=C[CH-]C=5)C(C)=C3)c2)C=C(C)C1=C=c1c2c(c(-c3c(C)cc(C)cc3C)c3ccccc13)C=C[CH-]C=2. The van der Waals surface area contributed by atoms with E-state index in [1.165, 1.54) is 200 Å². The first-order valence-corrected chi connectivity index (χ1v) is 36.1. The summed E-state index contributed by atoms with van der Waals surface area (Å²) in [5, 5.41) is 9.55. The zero-order chi connectivity index (χ0) is 70.7. The molecule has 0 N–H and O–H groups in total. The Balaban J connectivity index is 0.854. The van der Waals surface area contributed by atoms with Crippen molar-refractivity contribution < 1.29 is 0 Å². The third-order valence-electron chi connectivity index (χ3n) is 21.9. The largest absolute Gasteiger partial charge is 0.172 e. The Morgan fingerprint density at radius 2 is 0.716 bits per heavy atom. The molecule has 0 unspecified atom stereocenters. The number of rotatable bonds is 7. The fourth-order valence-electron chi connectivity index (χ4n) is 17.8. The van der Waals surface area contributed by atoms with Crippen LogP contribution in [0.15, 0.2) is 234 Å². The van der Waals surface area contributed by atoms with Crippen molar-refractivity contribution in [1.29, 1.82) is 0 Å². The van der Waals surface area contributed by atoms with Crippen molar-refractivity contribution in [2.24, 2.45) is 0 Å². The molecule has 0 nitrogen and oxygen atoms in total. The smallest absolute Gasteiger partial charge is 0.0871 e. The van der Waals surface area contributed by atoms with E-state index in [1.807, 2.05) is 0 Å². The Morgan fingerprint density at radius 3 is 1.13 bits per heavy atom. The average molecular weight is 1310 g/mol. The number of hydrogen-bond donors (Lipinski definition) is 0. The highest BCUT2D eigenvalue weighted by molar-refractivity contribution is 6.05. The number of hydrogen-bond acceptors (Lipinski definition) is 0. The molecule has 492 valence electrons. The predicted molar refractivity (Wildman–Crippen MR) is 435 cm³/mol. The minimum Gasteiger partial charge on any atom is -0.172 e. The Hall–Kier alpha value is -11.5. The van der Waals surface area contributed by atoms with Gasteiger partial charge in [-0.3, -0.25) is 0 Å². The van der Waals surface area contributed by atoms with Crippen LogP contribution in [0.2, 0.25) is 0 Å². The zero-order valence-corrected chi connectivity index (χ0v) is 61.5. The van der Waals surface area contributed by atoms with Crippen LogP contribution in [0, 0.1) is 113 Å². The zero-order valence-electron chi connectivity index (χ0n) is 61.5. The fraction of sp³-hybridized carbons (Fsp3) is 0.147. The van der Waals surface area contributed by atoms with E-state index in [1.54, 1.807) is 0 Å². The lowest BCUT2D eigenvalue weighted by Crippen LogP contribution is -2.30. The molecule has 0 saturated carbocycles. The molecular formula is C102H84. The normalized spacial score (nSPS) is 14.3. The van der Waals surface area contributed by atoms with E-state index in [4.69, 9.17) is 0 Å². The van der Waals surface area contributed by atoms with Crippen LogP contribution in [-0.4, -0.2) is 0 Å². The number of allylic oxidation sites excluding steroid dienone is 12. The summed E-state index contributed by atoms with van der Waals surface area (Å²) in [6, 6.07) is 61.9. The van der Waals surface area contributed by atoms with Gasteiger partial charge < -0.3 is 0 Å². The van der Waals surface area contributed by atoms with Gasteiger partial charge in [0.2, 0.25) is 0 Å². The molecular weight excluding hydrogens is 1230 g/mol. The van der Waals surface area contributed by atoms with Gasteiger partial charge in [0.15, 0.2) is 0 Å². The predicted octanol–water partition coefficient (Wildman–Crippen LogP) is 22.7. The van der Waals surface area contributed by atoms with Gasteiger partial charge >= 0.3 is 0 Å². The molecule has 0 heterocycles. The summed E-state index contributed by atoms with van der Waals surface area (Å²) >= 11 is 0. The third kappa shape index (κ3) is 11.2. The molecule has 11 aromatic carbocycles. The molecule has 16 rings (SSSR count). The second kappa shape index (κ2) is 25.6. The molecule has 102 heavy (non-hydrogen) atoms. The molecule has 0 amide bonds. The number of benzene rings is 11. The van der Waals surface area contributed by atoms with Crippen LogP contribution in [0.3, 0.4) is 0 Å². The van der Waals surface area contributed by atoms with Gasteiger partial charge in [-0.15, -0.1) is 38.3 Å². The number of aryl methyl sites for hydroxylation is 11. The molecule has 0 atom stereocenters.